The molecule has 3 rings (SSSR count). The summed E-state index contributed by atoms with van der Waals surface area (Å²) in [4.78, 5) is 6.36. The van der Waals surface area contributed by atoms with Crippen LogP contribution in [0.5, 0.6) is 0 Å². The lowest BCUT2D eigenvalue weighted by Gasteiger charge is -2.49. The van der Waals surface area contributed by atoms with E-state index in [2.05, 4.69) is 62.1 Å². The summed E-state index contributed by atoms with van der Waals surface area (Å²) in [6.07, 6.45) is 9.52. The standard InChI is InChI=1S/C23H33N5/c1-22(2)13-19(14-23(3,4)27-22)28(5)21(25)9-8-20(24)17-7-6-16-10-11-26-15-18(16)12-17/h6-12,15,19,27H,13-14,24-25H2,1-5H3/b20-8-,21-9+. The molecular formula is C23H33N5. The van der Waals surface area contributed by atoms with Crippen LogP contribution in [0.1, 0.15) is 46.1 Å². The van der Waals surface area contributed by atoms with E-state index in [1.807, 2.05) is 30.5 Å². The summed E-state index contributed by atoms with van der Waals surface area (Å²) < 4.78 is 0. The molecule has 150 valence electrons. The number of benzene rings is 1. The predicted octanol–water partition coefficient (Wildman–Crippen LogP) is 3.58. The van der Waals surface area contributed by atoms with Gasteiger partial charge in [-0.05, 0) is 75.8 Å². The van der Waals surface area contributed by atoms with Gasteiger partial charge in [0, 0.05) is 47.6 Å². The number of fused-ring (bicyclic) bond motifs is 1. The minimum Gasteiger partial charge on any atom is -0.398 e. The first-order chi connectivity index (χ1) is 13.1. The molecule has 2 heterocycles. The van der Waals surface area contributed by atoms with Crippen LogP contribution in [0.3, 0.4) is 0 Å². The Hall–Kier alpha value is -2.53. The van der Waals surface area contributed by atoms with E-state index in [1.54, 1.807) is 6.20 Å². The van der Waals surface area contributed by atoms with Gasteiger partial charge in [0.25, 0.3) is 0 Å². The Morgan fingerprint density at radius 2 is 1.75 bits per heavy atom. The molecule has 1 saturated heterocycles. The Morgan fingerprint density at radius 3 is 2.43 bits per heavy atom. The number of hydrogen-bond acceptors (Lipinski definition) is 5. The third kappa shape index (κ3) is 4.65. The highest BCUT2D eigenvalue weighted by atomic mass is 15.2. The number of aromatic nitrogens is 1. The van der Waals surface area contributed by atoms with E-state index in [-0.39, 0.29) is 11.1 Å². The van der Waals surface area contributed by atoms with E-state index < -0.39 is 0 Å². The Kier molecular flexibility index (Phi) is 5.39. The Labute approximate surface area is 168 Å². The molecule has 0 unspecified atom stereocenters. The van der Waals surface area contributed by atoms with Crippen LogP contribution < -0.4 is 16.8 Å². The number of nitrogens with zero attached hydrogens (tertiary/aromatic N) is 2. The first-order valence-electron chi connectivity index (χ1n) is 9.86. The normalized spacial score (nSPS) is 20.3. The fourth-order valence-corrected chi connectivity index (χ4v) is 4.41. The molecule has 0 radical (unpaired) electrons. The van der Waals surface area contributed by atoms with E-state index in [9.17, 15) is 0 Å². The maximum absolute atomic E-state index is 6.40. The van der Waals surface area contributed by atoms with E-state index >= 15 is 0 Å². The number of nitrogens with one attached hydrogen (secondary N) is 1. The summed E-state index contributed by atoms with van der Waals surface area (Å²) in [5.41, 5.74) is 14.5. The van der Waals surface area contributed by atoms with Gasteiger partial charge in [-0.25, -0.2) is 0 Å². The van der Waals surface area contributed by atoms with Gasteiger partial charge >= 0.3 is 0 Å². The van der Waals surface area contributed by atoms with Gasteiger partial charge in [0.15, 0.2) is 0 Å². The first kappa shape index (κ1) is 20.2. The van der Waals surface area contributed by atoms with Crippen LogP contribution in [0.2, 0.25) is 0 Å². The molecule has 1 fully saturated rings. The van der Waals surface area contributed by atoms with Crippen LogP contribution >= 0.6 is 0 Å². The van der Waals surface area contributed by atoms with Crippen LogP contribution in [0.15, 0.2) is 54.6 Å². The minimum atomic E-state index is 0.0783. The molecule has 5 heteroatoms. The largest absolute Gasteiger partial charge is 0.398 e. The van der Waals surface area contributed by atoms with Crippen molar-refractivity contribution in [2.24, 2.45) is 11.5 Å². The van der Waals surface area contributed by atoms with Crippen molar-refractivity contribution < 1.29 is 0 Å². The van der Waals surface area contributed by atoms with Crippen molar-refractivity contribution in [1.29, 1.82) is 0 Å². The quantitative estimate of drug-likeness (QED) is 0.708. The van der Waals surface area contributed by atoms with Gasteiger partial charge in [-0.1, -0.05) is 12.1 Å². The second-order valence-electron chi connectivity index (χ2n) is 9.22. The molecule has 0 bridgehead atoms. The lowest BCUT2D eigenvalue weighted by atomic mass is 9.79. The molecule has 0 atom stereocenters. The summed E-state index contributed by atoms with van der Waals surface area (Å²) in [6.45, 7) is 9.00. The zero-order valence-corrected chi connectivity index (χ0v) is 17.7. The second kappa shape index (κ2) is 7.47. The molecule has 1 aliphatic rings. The van der Waals surface area contributed by atoms with Crippen LogP contribution in [-0.4, -0.2) is 34.1 Å². The van der Waals surface area contributed by atoms with Crippen LogP contribution in [0.4, 0.5) is 0 Å². The van der Waals surface area contributed by atoms with Gasteiger partial charge in [0.2, 0.25) is 0 Å². The third-order valence-electron chi connectivity index (χ3n) is 5.53. The van der Waals surface area contributed by atoms with Gasteiger partial charge in [-0.3, -0.25) is 4.98 Å². The lowest BCUT2D eigenvalue weighted by molar-refractivity contribution is 0.0981. The van der Waals surface area contributed by atoms with Gasteiger partial charge in [0.05, 0.1) is 5.82 Å². The maximum atomic E-state index is 6.40. The highest BCUT2D eigenvalue weighted by Gasteiger charge is 2.39. The molecule has 28 heavy (non-hydrogen) atoms. The molecule has 2 aromatic rings. The summed E-state index contributed by atoms with van der Waals surface area (Å²) in [5, 5.41) is 5.94. The van der Waals surface area contributed by atoms with Gasteiger partial charge in [-0.2, -0.15) is 0 Å². The summed E-state index contributed by atoms with van der Waals surface area (Å²) >= 11 is 0. The average molecular weight is 380 g/mol. The molecule has 0 aliphatic carbocycles. The fourth-order valence-electron chi connectivity index (χ4n) is 4.41. The van der Waals surface area contributed by atoms with Crippen molar-refractivity contribution in [3.8, 4) is 0 Å². The Morgan fingerprint density at radius 1 is 1.07 bits per heavy atom. The Balaban J connectivity index is 1.77. The summed E-state index contributed by atoms with van der Waals surface area (Å²) in [6, 6.07) is 8.52. The molecule has 5 N–H and O–H groups in total. The van der Waals surface area contributed by atoms with Crippen LogP contribution in [0, 0.1) is 0 Å². The molecule has 0 saturated carbocycles. The zero-order valence-electron chi connectivity index (χ0n) is 17.7. The molecule has 1 aromatic carbocycles. The molecule has 1 aliphatic heterocycles. The number of piperidine rings is 1. The fraction of sp³-hybridized carbons (Fsp3) is 0.435. The zero-order chi connectivity index (χ0) is 20.5. The first-order valence-corrected chi connectivity index (χ1v) is 9.86. The van der Waals surface area contributed by atoms with Crippen molar-refractivity contribution in [1.82, 2.24) is 15.2 Å². The monoisotopic (exact) mass is 379 g/mol. The van der Waals surface area contributed by atoms with E-state index in [0.717, 1.165) is 35.0 Å². The van der Waals surface area contributed by atoms with E-state index in [0.29, 0.717) is 11.7 Å². The van der Waals surface area contributed by atoms with Crippen molar-refractivity contribution in [2.75, 3.05) is 7.05 Å². The van der Waals surface area contributed by atoms with Crippen molar-refractivity contribution in [2.45, 2.75) is 57.7 Å². The van der Waals surface area contributed by atoms with Crippen molar-refractivity contribution in [3.05, 3.63) is 60.2 Å². The SMILES string of the molecule is CN(/C(N)=C/C=C(\N)c1ccc2ccncc2c1)C1CC(C)(C)NC(C)(C)C1. The van der Waals surface area contributed by atoms with Gasteiger partial charge in [0.1, 0.15) is 0 Å². The second-order valence-corrected chi connectivity index (χ2v) is 9.22. The highest BCUT2D eigenvalue weighted by Crippen LogP contribution is 2.31. The van der Waals surface area contributed by atoms with Gasteiger partial charge < -0.3 is 21.7 Å². The molecule has 1 aromatic heterocycles. The average Bonchev–Trinajstić information content (AvgIpc) is 2.62. The third-order valence-corrected chi connectivity index (χ3v) is 5.53. The topological polar surface area (TPSA) is 80.2 Å². The minimum absolute atomic E-state index is 0.0783. The molecule has 0 spiro atoms. The number of rotatable bonds is 4. The number of nitrogens with two attached hydrogens (primary N) is 2. The van der Waals surface area contributed by atoms with E-state index in [4.69, 9.17) is 11.5 Å². The predicted molar refractivity (Wildman–Crippen MR) is 118 cm³/mol. The lowest BCUT2D eigenvalue weighted by Crippen LogP contribution is -2.61. The van der Waals surface area contributed by atoms with Gasteiger partial charge in [-0.15, -0.1) is 0 Å². The molecule has 5 nitrogen and oxygen atoms in total. The maximum Gasteiger partial charge on any atom is 0.0987 e. The van der Waals surface area contributed by atoms with Crippen molar-refractivity contribution in [3.63, 3.8) is 0 Å². The number of allylic oxidation sites excluding steroid dienone is 2. The Bertz CT molecular complexity index is 894. The van der Waals surface area contributed by atoms with E-state index in [1.165, 1.54) is 0 Å². The smallest absolute Gasteiger partial charge is 0.0987 e. The summed E-state index contributed by atoms with van der Waals surface area (Å²) in [7, 11) is 2.07. The number of hydrogen-bond donors (Lipinski definition) is 3. The molecular weight excluding hydrogens is 346 g/mol. The molecule has 0 amide bonds. The highest BCUT2D eigenvalue weighted by molar-refractivity contribution is 5.85. The van der Waals surface area contributed by atoms with Crippen LogP contribution in [0.25, 0.3) is 16.5 Å². The van der Waals surface area contributed by atoms with Crippen molar-refractivity contribution >= 4 is 16.5 Å². The summed E-state index contributed by atoms with van der Waals surface area (Å²) in [5.74, 6) is 0.726. The van der Waals surface area contributed by atoms with Crippen LogP contribution in [-0.2, 0) is 0 Å². The number of pyridine rings is 1.